The van der Waals surface area contributed by atoms with Gasteiger partial charge in [0.15, 0.2) is 0 Å². The monoisotopic (exact) mass is 293 g/mol. The number of hydrogen-bond donors (Lipinski definition) is 1. The standard InChI is InChI=1S/C14H16BrNO/c1-9-4-5-11(8-10(9)2)13(16-3)14-12(15)6-7-17-14/h4-8,13,16H,1-3H3. The molecule has 1 heterocycles. The molecule has 17 heavy (non-hydrogen) atoms. The van der Waals surface area contributed by atoms with Crippen LogP contribution in [0, 0.1) is 13.8 Å². The van der Waals surface area contributed by atoms with Gasteiger partial charge in [-0.3, -0.25) is 0 Å². The second-order valence-electron chi connectivity index (χ2n) is 4.20. The van der Waals surface area contributed by atoms with Crippen LogP contribution in [0.25, 0.3) is 0 Å². The van der Waals surface area contributed by atoms with Crippen molar-refractivity contribution < 1.29 is 4.42 Å². The Bertz CT molecular complexity index is 519. The second kappa shape index (κ2) is 5.07. The molecule has 3 heteroatoms. The SMILES string of the molecule is CNC(c1ccc(C)c(C)c1)c1occc1Br. The van der Waals surface area contributed by atoms with E-state index in [4.69, 9.17) is 4.42 Å². The van der Waals surface area contributed by atoms with Crippen LogP contribution >= 0.6 is 15.9 Å². The molecule has 0 spiro atoms. The van der Waals surface area contributed by atoms with Gasteiger partial charge in [0.1, 0.15) is 5.76 Å². The highest BCUT2D eigenvalue weighted by molar-refractivity contribution is 9.10. The molecule has 1 atom stereocenters. The fraction of sp³-hybridized carbons (Fsp3) is 0.286. The van der Waals surface area contributed by atoms with Crippen LogP contribution in [0.5, 0.6) is 0 Å². The maximum Gasteiger partial charge on any atom is 0.139 e. The van der Waals surface area contributed by atoms with E-state index in [1.54, 1.807) is 6.26 Å². The van der Waals surface area contributed by atoms with Crippen molar-refractivity contribution in [2.24, 2.45) is 0 Å². The summed E-state index contributed by atoms with van der Waals surface area (Å²) >= 11 is 3.50. The molecule has 1 unspecified atom stereocenters. The molecule has 0 aliphatic carbocycles. The average molecular weight is 294 g/mol. The Morgan fingerprint density at radius 2 is 1.94 bits per heavy atom. The average Bonchev–Trinajstić information content (AvgIpc) is 2.71. The highest BCUT2D eigenvalue weighted by Gasteiger charge is 2.18. The molecule has 0 saturated carbocycles. The van der Waals surface area contributed by atoms with Gasteiger partial charge in [0.05, 0.1) is 16.8 Å². The molecular formula is C14H16BrNO. The van der Waals surface area contributed by atoms with Gasteiger partial charge in [-0.05, 0) is 59.6 Å². The third-order valence-electron chi connectivity index (χ3n) is 3.06. The normalized spacial score (nSPS) is 12.7. The van der Waals surface area contributed by atoms with Gasteiger partial charge in [0.25, 0.3) is 0 Å². The third-order valence-corrected chi connectivity index (χ3v) is 3.72. The number of nitrogens with one attached hydrogen (secondary N) is 1. The van der Waals surface area contributed by atoms with Gasteiger partial charge in [0, 0.05) is 0 Å². The predicted octanol–water partition coefficient (Wildman–Crippen LogP) is 3.97. The van der Waals surface area contributed by atoms with Crippen molar-refractivity contribution in [3.05, 3.63) is 57.5 Å². The van der Waals surface area contributed by atoms with Gasteiger partial charge in [-0.1, -0.05) is 18.2 Å². The first-order chi connectivity index (χ1) is 8.13. The quantitative estimate of drug-likeness (QED) is 0.926. The zero-order chi connectivity index (χ0) is 12.4. The molecule has 0 bridgehead atoms. The summed E-state index contributed by atoms with van der Waals surface area (Å²) in [6.45, 7) is 4.25. The highest BCUT2D eigenvalue weighted by atomic mass is 79.9. The smallest absolute Gasteiger partial charge is 0.139 e. The zero-order valence-electron chi connectivity index (χ0n) is 10.3. The van der Waals surface area contributed by atoms with Crippen LogP contribution in [-0.4, -0.2) is 7.05 Å². The summed E-state index contributed by atoms with van der Waals surface area (Å²) < 4.78 is 6.53. The van der Waals surface area contributed by atoms with E-state index in [1.807, 2.05) is 13.1 Å². The van der Waals surface area contributed by atoms with E-state index in [-0.39, 0.29) is 6.04 Å². The van der Waals surface area contributed by atoms with E-state index < -0.39 is 0 Å². The van der Waals surface area contributed by atoms with Crippen molar-refractivity contribution in [2.75, 3.05) is 7.05 Å². The van der Waals surface area contributed by atoms with Crippen LogP contribution < -0.4 is 5.32 Å². The van der Waals surface area contributed by atoms with Gasteiger partial charge in [-0.2, -0.15) is 0 Å². The lowest BCUT2D eigenvalue weighted by atomic mass is 10.00. The van der Waals surface area contributed by atoms with Crippen molar-refractivity contribution in [2.45, 2.75) is 19.9 Å². The molecule has 2 nitrogen and oxygen atoms in total. The minimum absolute atomic E-state index is 0.0821. The highest BCUT2D eigenvalue weighted by Crippen LogP contribution is 2.30. The van der Waals surface area contributed by atoms with Crippen LogP contribution in [0.1, 0.15) is 28.5 Å². The van der Waals surface area contributed by atoms with Crippen LogP contribution in [-0.2, 0) is 0 Å². The van der Waals surface area contributed by atoms with E-state index in [2.05, 4.69) is 53.3 Å². The first-order valence-electron chi connectivity index (χ1n) is 5.60. The molecule has 0 radical (unpaired) electrons. The fourth-order valence-electron chi connectivity index (χ4n) is 1.90. The van der Waals surface area contributed by atoms with Crippen LogP contribution in [0.4, 0.5) is 0 Å². The van der Waals surface area contributed by atoms with Crippen LogP contribution in [0.3, 0.4) is 0 Å². The maximum absolute atomic E-state index is 5.53. The molecule has 90 valence electrons. The first-order valence-corrected chi connectivity index (χ1v) is 6.40. The van der Waals surface area contributed by atoms with E-state index in [0.717, 1.165) is 10.2 Å². The number of aryl methyl sites for hydroxylation is 2. The molecule has 1 N–H and O–H groups in total. The Hall–Kier alpha value is -1.06. The van der Waals surface area contributed by atoms with E-state index in [0.29, 0.717) is 0 Å². The number of benzene rings is 1. The minimum atomic E-state index is 0.0821. The van der Waals surface area contributed by atoms with Gasteiger partial charge in [0.2, 0.25) is 0 Å². The number of hydrogen-bond acceptors (Lipinski definition) is 2. The predicted molar refractivity (Wildman–Crippen MR) is 73.2 cm³/mol. The number of furan rings is 1. The summed E-state index contributed by atoms with van der Waals surface area (Å²) in [6.07, 6.45) is 1.70. The van der Waals surface area contributed by atoms with Gasteiger partial charge < -0.3 is 9.73 Å². The molecule has 2 aromatic rings. The summed E-state index contributed by atoms with van der Waals surface area (Å²) in [5.74, 6) is 0.913. The van der Waals surface area contributed by atoms with Gasteiger partial charge in [-0.25, -0.2) is 0 Å². The Morgan fingerprint density at radius 3 is 2.47 bits per heavy atom. The lowest BCUT2D eigenvalue weighted by Crippen LogP contribution is -2.17. The molecule has 0 fully saturated rings. The Labute approximate surface area is 110 Å². The molecule has 0 amide bonds. The Morgan fingerprint density at radius 1 is 1.18 bits per heavy atom. The summed E-state index contributed by atoms with van der Waals surface area (Å²) in [5, 5.41) is 3.28. The first kappa shape index (κ1) is 12.4. The number of halogens is 1. The molecule has 2 rings (SSSR count). The summed E-state index contributed by atoms with van der Waals surface area (Å²) in [5.41, 5.74) is 3.82. The van der Waals surface area contributed by atoms with Crippen molar-refractivity contribution in [3.8, 4) is 0 Å². The van der Waals surface area contributed by atoms with Crippen LogP contribution in [0.2, 0.25) is 0 Å². The summed E-state index contributed by atoms with van der Waals surface area (Å²) in [7, 11) is 1.94. The third kappa shape index (κ3) is 2.45. The van der Waals surface area contributed by atoms with Gasteiger partial charge in [-0.15, -0.1) is 0 Å². The molecule has 0 aliphatic rings. The van der Waals surface area contributed by atoms with Crippen molar-refractivity contribution in [1.82, 2.24) is 5.32 Å². The largest absolute Gasteiger partial charge is 0.466 e. The minimum Gasteiger partial charge on any atom is -0.466 e. The number of rotatable bonds is 3. The lowest BCUT2D eigenvalue weighted by molar-refractivity contribution is 0.461. The van der Waals surface area contributed by atoms with E-state index in [1.165, 1.54) is 16.7 Å². The van der Waals surface area contributed by atoms with Crippen molar-refractivity contribution >= 4 is 15.9 Å². The summed E-state index contributed by atoms with van der Waals surface area (Å²) in [4.78, 5) is 0. The van der Waals surface area contributed by atoms with Crippen molar-refractivity contribution in [3.63, 3.8) is 0 Å². The second-order valence-corrected chi connectivity index (χ2v) is 5.05. The summed E-state index contributed by atoms with van der Waals surface area (Å²) in [6, 6.07) is 8.48. The molecular weight excluding hydrogens is 278 g/mol. The molecule has 1 aromatic carbocycles. The van der Waals surface area contributed by atoms with Gasteiger partial charge >= 0.3 is 0 Å². The fourth-order valence-corrected chi connectivity index (χ4v) is 2.34. The van der Waals surface area contributed by atoms with Crippen LogP contribution in [0.15, 0.2) is 39.4 Å². The Kier molecular flexibility index (Phi) is 3.69. The molecule has 1 aromatic heterocycles. The topological polar surface area (TPSA) is 25.2 Å². The van der Waals surface area contributed by atoms with Crippen molar-refractivity contribution in [1.29, 1.82) is 0 Å². The van der Waals surface area contributed by atoms with E-state index >= 15 is 0 Å². The molecule has 0 saturated heterocycles. The lowest BCUT2D eigenvalue weighted by Gasteiger charge is -2.16. The van der Waals surface area contributed by atoms with E-state index in [9.17, 15) is 0 Å². The maximum atomic E-state index is 5.53. The molecule has 0 aliphatic heterocycles. The zero-order valence-corrected chi connectivity index (χ0v) is 11.8. The Balaban J connectivity index is 2.42.